The van der Waals surface area contributed by atoms with Gasteiger partial charge in [0, 0.05) is 23.8 Å². The standard InChI is InChI=1S/C13H9BrF4N2O3S/c1-19-10(13(16,17)18)5-11(21)20(12(19)22)8-4-9(24(2)23)6(14)3-7(8)15/h3-5H,1-2H3. The fraction of sp³-hybridized carbons (Fsp3) is 0.231. The van der Waals surface area contributed by atoms with Gasteiger partial charge in [0.1, 0.15) is 11.5 Å². The molecule has 0 radical (unpaired) electrons. The van der Waals surface area contributed by atoms with Crippen LogP contribution < -0.4 is 11.2 Å². The Morgan fingerprint density at radius 2 is 1.75 bits per heavy atom. The van der Waals surface area contributed by atoms with Crippen LogP contribution in [0.5, 0.6) is 0 Å². The molecule has 0 bridgehead atoms. The second kappa shape index (κ2) is 6.28. The van der Waals surface area contributed by atoms with E-state index in [4.69, 9.17) is 0 Å². The molecule has 1 atom stereocenters. The van der Waals surface area contributed by atoms with Crippen molar-refractivity contribution in [3.8, 4) is 5.69 Å². The average Bonchev–Trinajstić information content (AvgIpc) is 2.43. The molecule has 0 aliphatic carbocycles. The quantitative estimate of drug-likeness (QED) is 0.688. The van der Waals surface area contributed by atoms with Crippen molar-refractivity contribution in [3.05, 3.63) is 55.0 Å². The lowest BCUT2D eigenvalue weighted by Gasteiger charge is -2.15. The number of benzene rings is 1. The monoisotopic (exact) mass is 428 g/mol. The van der Waals surface area contributed by atoms with Crippen molar-refractivity contribution in [1.29, 1.82) is 0 Å². The molecule has 130 valence electrons. The third-order valence-electron chi connectivity index (χ3n) is 3.16. The predicted octanol–water partition coefficient (Wildman–Crippen LogP) is 2.19. The van der Waals surface area contributed by atoms with Crippen LogP contribution in [-0.2, 0) is 24.0 Å². The maximum Gasteiger partial charge on any atom is 0.431 e. The predicted molar refractivity (Wildman–Crippen MR) is 82.3 cm³/mol. The van der Waals surface area contributed by atoms with E-state index in [1.807, 2.05) is 0 Å². The zero-order valence-corrected chi connectivity index (χ0v) is 14.6. The van der Waals surface area contributed by atoms with Crippen LogP contribution in [0.15, 0.2) is 37.2 Å². The summed E-state index contributed by atoms with van der Waals surface area (Å²) in [5.41, 5.74) is -4.75. The van der Waals surface area contributed by atoms with Gasteiger partial charge in [-0.05, 0) is 28.1 Å². The van der Waals surface area contributed by atoms with Gasteiger partial charge in [0.2, 0.25) is 0 Å². The molecule has 1 unspecified atom stereocenters. The molecule has 5 nitrogen and oxygen atoms in total. The number of nitrogens with zero attached hydrogens (tertiary/aromatic N) is 2. The van der Waals surface area contributed by atoms with Crippen LogP contribution in [-0.4, -0.2) is 19.6 Å². The van der Waals surface area contributed by atoms with E-state index in [0.29, 0.717) is 0 Å². The molecule has 1 aromatic heterocycles. The molecule has 24 heavy (non-hydrogen) atoms. The summed E-state index contributed by atoms with van der Waals surface area (Å²) < 4.78 is 64.8. The van der Waals surface area contributed by atoms with Crippen LogP contribution in [0.25, 0.3) is 5.69 Å². The Hall–Kier alpha value is -1.75. The summed E-state index contributed by atoms with van der Waals surface area (Å²) in [5, 5.41) is 0. The highest BCUT2D eigenvalue weighted by molar-refractivity contribution is 9.10. The molecule has 0 saturated carbocycles. The Morgan fingerprint density at radius 3 is 2.25 bits per heavy atom. The minimum atomic E-state index is -4.92. The second-order valence-electron chi connectivity index (χ2n) is 4.73. The summed E-state index contributed by atoms with van der Waals surface area (Å²) in [6, 6.07) is 2.06. The van der Waals surface area contributed by atoms with Gasteiger partial charge in [-0.3, -0.25) is 13.6 Å². The molecule has 0 fully saturated rings. The number of hydrogen-bond donors (Lipinski definition) is 0. The van der Waals surface area contributed by atoms with Crippen LogP contribution >= 0.6 is 15.9 Å². The lowest BCUT2D eigenvalue weighted by Crippen LogP contribution is -2.41. The molecule has 1 aromatic carbocycles. The third-order valence-corrected chi connectivity index (χ3v) is 5.04. The third kappa shape index (κ3) is 3.22. The summed E-state index contributed by atoms with van der Waals surface area (Å²) >= 11 is 2.99. The molecule has 11 heteroatoms. The lowest BCUT2D eigenvalue weighted by molar-refractivity contribution is -0.144. The fourth-order valence-corrected chi connectivity index (χ4v) is 3.64. The molecule has 2 rings (SSSR count). The minimum Gasteiger partial charge on any atom is -0.292 e. The van der Waals surface area contributed by atoms with Crippen LogP contribution in [0, 0.1) is 5.82 Å². The molecular weight excluding hydrogens is 420 g/mol. The van der Waals surface area contributed by atoms with Gasteiger partial charge in [0.15, 0.2) is 0 Å². The van der Waals surface area contributed by atoms with Gasteiger partial charge in [-0.2, -0.15) is 13.2 Å². The van der Waals surface area contributed by atoms with Crippen molar-refractivity contribution in [2.24, 2.45) is 7.05 Å². The van der Waals surface area contributed by atoms with Gasteiger partial charge in [-0.25, -0.2) is 13.8 Å². The Balaban J connectivity index is 2.88. The molecule has 0 amide bonds. The Kier molecular flexibility index (Phi) is 4.86. The largest absolute Gasteiger partial charge is 0.431 e. The smallest absolute Gasteiger partial charge is 0.292 e. The van der Waals surface area contributed by atoms with Crippen molar-refractivity contribution >= 4 is 26.7 Å². The Bertz CT molecular complexity index is 965. The van der Waals surface area contributed by atoms with Gasteiger partial charge < -0.3 is 0 Å². The van der Waals surface area contributed by atoms with E-state index < -0.39 is 45.4 Å². The van der Waals surface area contributed by atoms with E-state index in [2.05, 4.69) is 15.9 Å². The van der Waals surface area contributed by atoms with E-state index in [-0.39, 0.29) is 24.6 Å². The number of alkyl halides is 3. The first-order valence-corrected chi connectivity index (χ1v) is 8.53. The second-order valence-corrected chi connectivity index (χ2v) is 6.93. The van der Waals surface area contributed by atoms with Crippen LogP contribution in [0.1, 0.15) is 5.69 Å². The highest BCUT2D eigenvalue weighted by Crippen LogP contribution is 2.28. The number of halogens is 5. The van der Waals surface area contributed by atoms with Crippen LogP contribution in [0.2, 0.25) is 0 Å². The summed E-state index contributed by atoms with van der Waals surface area (Å²) in [7, 11) is -0.771. The lowest BCUT2D eigenvalue weighted by atomic mass is 10.3. The summed E-state index contributed by atoms with van der Waals surface area (Å²) in [6.45, 7) is 0. The molecule has 2 aromatic rings. The van der Waals surface area contributed by atoms with Crippen molar-refractivity contribution in [2.75, 3.05) is 6.26 Å². The van der Waals surface area contributed by atoms with E-state index in [9.17, 15) is 31.4 Å². The molecular formula is C13H9BrF4N2O3S. The molecule has 0 aliphatic rings. The van der Waals surface area contributed by atoms with Gasteiger partial charge in [0.05, 0.1) is 21.4 Å². The van der Waals surface area contributed by atoms with E-state index in [0.717, 1.165) is 19.2 Å². The minimum absolute atomic E-state index is 0.0836. The number of hydrogen-bond acceptors (Lipinski definition) is 3. The van der Waals surface area contributed by atoms with Gasteiger partial charge in [-0.15, -0.1) is 0 Å². The molecule has 0 saturated heterocycles. The van der Waals surface area contributed by atoms with Crippen molar-refractivity contribution in [1.82, 2.24) is 9.13 Å². The number of rotatable bonds is 2. The van der Waals surface area contributed by atoms with Crippen molar-refractivity contribution < 1.29 is 21.8 Å². The van der Waals surface area contributed by atoms with Crippen LogP contribution in [0.4, 0.5) is 17.6 Å². The molecule has 0 N–H and O–H groups in total. The zero-order chi connectivity index (χ0) is 18.4. The number of aromatic nitrogens is 2. The normalized spacial score (nSPS) is 13.1. The molecule has 0 spiro atoms. The van der Waals surface area contributed by atoms with Gasteiger partial charge >= 0.3 is 11.9 Å². The van der Waals surface area contributed by atoms with Gasteiger partial charge in [0.25, 0.3) is 5.56 Å². The highest BCUT2D eigenvalue weighted by Gasteiger charge is 2.35. The maximum atomic E-state index is 14.1. The summed E-state index contributed by atoms with van der Waals surface area (Å²) in [4.78, 5) is 24.2. The molecule has 0 aliphatic heterocycles. The SMILES string of the molecule is Cn1c(C(F)(F)F)cc(=O)n(-c2cc(S(C)=O)c(Br)cc2F)c1=O. The van der Waals surface area contributed by atoms with E-state index >= 15 is 0 Å². The highest BCUT2D eigenvalue weighted by atomic mass is 79.9. The Morgan fingerprint density at radius 1 is 1.17 bits per heavy atom. The maximum absolute atomic E-state index is 14.1. The first kappa shape index (κ1) is 18.6. The van der Waals surface area contributed by atoms with Crippen molar-refractivity contribution in [3.63, 3.8) is 0 Å². The molecule has 1 heterocycles. The van der Waals surface area contributed by atoms with E-state index in [1.54, 1.807) is 0 Å². The zero-order valence-electron chi connectivity index (χ0n) is 12.1. The van der Waals surface area contributed by atoms with E-state index in [1.165, 1.54) is 6.26 Å². The topological polar surface area (TPSA) is 61.1 Å². The first-order chi connectivity index (χ1) is 10.9. The Labute approximate surface area is 143 Å². The fourth-order valence-electron chi connectivity index (χ4n) is 2.03. The average molecular weight is 429 g/mol. The van der Waals surface area contributed by atoms with Crippen molar-refractivity contribution in [2.45, 2.75) is 11.1 Å². The summed E-state index contributed by atoms with van der Waals surface area (Å²) in [5.74, 6) is -1.03. The van der Waals surface area contributed by atoms with Crippen LogP contribution in [0.3, 0.4) is 0 Å². The summed E-state index contributed by atoms with van der Waals surface area (Å²) in [6.07, 6.45) is -3.63. The first-order valence-electron chi connectivity index (χ1n) is 6.18. The van der Waals surface area contributed by atoms with Gasteiger partial charge in [-0.1, -0.05) is 0 Å².